The monoisotopic (exact) mass is 431 g/mol. The van der Waals surface area contributed by atoms with E-state index in [1.54, 1.807) is 12.1 Å². The molecule has 2 heterocycles. The molecule has 0 bridgehead atoms. The fourth-order valence-corrected chi connectivity index (χ4v) is 3.97. The second-order valence-electron chi connectivity index (χ2n) is 8.34. The quantitative estimate of drug-likeness (QED) is 0.610. The first-order valence-electron chi connectivity index (χ1n) is 11.1. The van der Waals surface area contributed by atoms with Gasteiger partial charge in [-0.1, -0.05) is 17.3 Å². The zero-order chi connectivity index (χ0) is 22.5. The molecule has 7 nitrogen and oxygen atoms in total. The van der Waals surface area contributed by atoms with Crippen LogP contribution < -0.4 is 10.1 Å². The van der Waals surface area contributed by atoms with Gasteiger partial charge in [-0.15, -0.1) is 0 Å². The summed E-state index contributed by atoms with van der Waals surface area (Å²) in [6.45, 7) is 8.07. The average Bonchev–Trinajstić information content (AvgIpc) is 3.20. The second-order valence-corrected chi connectivity index (χ2v) is 8.34. The van der Waals surface area contributed by atoms with Crippen LogP contribution in [-0.4, -0.2) is 54.4 Å². The third-order valence-corrected chi connectivity index (χ3v) is 5.67. The fourth-order valence-electron chi connectivity index (χ4n) is 3.97. The molecule has 2 aromatic carbocycles. The molecule has 166 valence electrons. The van der Waals surface area contributed by atoms with E-state index in [4.69, 9.17) is 9.26 Å². The normalized spacial score (nSPS) is 14.1. The first kappa shape index (κ1) is 22.0. The van der Waals surface area contributed by atoms with E-state index in [0.717, 1.165) is 44.6 Å². The molecule has 0 saturated heterocycles. The van der Waals surface area contributed by atoms with E-state index in [1.807, 2.05) is 27.0 Å². The fraction of sp³-hybridized carbons (Fsp3) is 0.400. The lowest BCUT2D eigenvalue weighted by molar-refractivity contribution is 0.241. The van der Waals surface area contributed by atoms with Crippen LogP contribution in [0.5, 0.6) is 5.75 Å². The number of likely N-dealkylation sites (N-methyl/N-ethyl adjacent to an activating group) is 1. The summed E-state index contributed by atoms with van der Waals surface area (Å²) >= 11 is 0. The van der Waals surface area contributed by atoms with Gasteiger partial charge in [0.1, 0.15) is 11.8 Å². The molecule has 1 aliphatic rings. The van der Waals surface area contributed by atoms with Crippen molar-refractivity contribution in [3.63, 3.8) is 0 Å². The molecule has 0 radical (unpaired) electrons. The SMILES string of the molecule is CNCCN1CCc2ccc(-c3noc(-c4ccc(OC(C)C)c(C#N)c4)n3)cc2CC1. The third-order valence-electron chi connectivity index (χ3n) is 5.67. The lowest BCUT2D eigenvalue weighted by Gasteiger charge is -2.19. The van der Waals surface area contributed by atoms with Crippen molar-refractivity contribution >= 4 is 0 Å². The molecule has 3 aromatic rings. The molecule has 1 aromatic heterocycles. The lowest BCUT2D eigenvalue weighted by Crippen LogP contribution is -2.32. The van der Waals surface area contributed by atoms with Gasteiger partial charge in [-0.2, -0.15) is 10.2 Å². The van der Waals surface area contributed by atoms with Crippen molar-refractivity contribution in [3.8, 4) is 34.7 Å². The minimum Gasteiger partial charge on any atom is -0.490 e. The number of nitrogens with zero attached hydrogens (tertiary/aromatic N) is 4. The van der Waals surface area contributed by atoms with E-state index in [2.05, 4.69) is 44.6 Å². The number of aromatic nitrogens is 2. The highest BCUT2D eigenvalue weighted by molar-refractivity contribution is 5.64. The topological polar surface area (TPSA) is 87.2 Å². The van der Waals surface area contributed by atoms with Crippen molar-refractivity contribution < 1.29 is 9.26 Å². The van der Waals surface area contributed by atoms with Gasteiger partial charge >= 0.3 is 0 Å². The molecular formula is C25H29N5O2. The molecule has 1 aliphatic heterocycles. The molecular weight excluding hydrogens is 402 g/mol. The van der Waals surface area contributed by atoms with E-state index in [0.29, 0.717) is 28.6 Å². The van der Waals surface area contributed by atoms with Crippen LogP contribution in [-0.2, 0) is 12.8 Å². The molecule has 0 fully saturated rings. The summed E-state index contributed by atoms with van der Waals surface area (Å²) in [4.78, 5) is 7.10. The van der Waals surface area contributed by atoms with Crippen molar-refractivity contribution in [2.75, 3.05) is 33.2 Å². The van der Waals surface area contributed by atoms with Crippen LogP contribution in [0.15, 0.2) is 40.9 Å². The summed E-state index contributed by atoms with van der Waals surface area (Å²) in [7, 11) is 1.99. The zero-order valence-corrected chi connectivity index (χ0v) is 18.9. The number of nitriles is 1. The highest BCUT2D eigenvalue weighted by atomic mass is 16.5. The Hall–Kier alpha value is -3.21. The van der Waals surface area contributed by atoms with E-state index in [1.165, 1.54) is 11.1 Å². The third kappa shape index (κ3) is 4.98. The standard InChI is InChI=1S/C25H29N5O2/c1-17(2)31-23-7-6-21(15-22(23)16-26)25-28-24(29-32-25)20-5-4-18-8-11-30(13-10-27-3)12-9-19(18)14-20/h4-7,14-15,17,27H,8-13H2,1-3H3. The van der Waals surface area contributed by atoms with E-state index in [9.17, 15) is 5.26 Å². The van der Waals surface area contributed by atoms with Gasteiger partial charge in [-0.05, 0) is 69.1 Å². The van der Waals surface area contributed by atoms with Crippen LogP contribution >= 0.6 is 0 Å². The predicted octanol–water partition coefficient (Wildman–Crippen LogP) is 3.68. The van der Waals surface area contributed by atoms with Gasteiger partial charge in [0.25, 0.3) is 5.89 Å². The number of benzene rings is 2. The summed E-state index contributed by atoms with van der Waals surface area (Å²) < 4.78 is 11.2. The lowest BCUT2D eigenvalue weighted by atomic mass is 10.00. The van der Waals surface area contributed by atoms with Gasteiger partial charge in [0, 0.05) is 37.3 Å². The molecule has 1 N–H and O–H groups in total. The van der Waals surface area contributed by atoms with Crippen molar-refractivity contribution in [1.82, 2.24) is 20.4 Å². The smallest absolute Gasteiger partial charge is 0.258 e. The van der Waals surface area contributed by atoms with Gasteiger partial charge in [-0.3, -0.25) is 0 Å². The maximum atomic E-state index is 9.48. The van der Waals surface area contributed by atoms with Crippen LogP contribution in [0.4, 0.5) is 0 Å². The van der Waals surface area contributed by atoms with E-state index in [-0.39, 0.29) is 6.10 Å². The van der Waals surface area contributed by atoms with E-state index >= 15 is 0 Å². The van der Waals surface area contributed by atoms with Gasteiger partial charge in [-0.25, -0.2) is 0 Å². The van der Waals surface area contributed by atoms with Crippen LogP contribution in [0.3, 0.4) is 0 Å². The molecule has 0 saturated carbocycles. The van der Waals surface area contributed by atoms with Crippen LogP contribution in [0.1, 0.15) is 30.5 Å². The predicted molar refractivity (Wildman–Crippen MR) is 123 cm³/mol. The Labute approximate surface area is 189 Å². The van der Waals surface area contributed by atoms with Crippen molar-refractivity contribution in [3.05, 3.63) is 53.1 Å². The van der Waals surface area contributed by atoms with Gasteiger partial charge in [0.15, 0.2) is 0 Å². The zero-order valence-electron chi connectivity index (χ0n) is 18.9. The van der Waals surface area contributed by atoms with Crippen molar-refractivity contribution in [2.45, 2.75) is 32.8 Å². The number of hydrogen-bond donors (Lipinski definition) is 1. The van der Waals surface area contributed by atoms with Gasteiger partial charge in [0.05, 0.1) is 11.7 Å². The number of nitrogens with one attached hydrogen (secondary N) is 1. The first-order chi connectivity index (χ1) is 15.6. The van der Waals surface area contributed by atoms with Gasteiger partial charge < -0.3 is 19.5 Å². The molecule has 32 heavy (non-hydrogen) atoms. The molecule has 0 amide bonds. The minimum absolute atomic E-state index is 0.00782. The number of rotatable bonds is 7. The molecule has 0 spiro atoms. The number of fused-ring (bicyclic) bond motifs is 1. The molecule has 0 aliphatic carbocycles. The Bertz CT molecular complexity index is 1120. The largest absolute Gasteiger partial charge is 0.490 e. The Morgan fingerprint density at radius 3 is 2.66 bits per heavy atom. The summed E-state index contributed by atoms with van der Waals surface area (Å²) in [6, 6.07) is 14.0. The maximum Gasteiger partial charge on any atom is 0.258 e. The molecule has 4 rings (SSSR count). The number of ether oxygens (including phenoxy) is 1. The summed E-state index contributed by atoms with van der Waals surface area (Å²) in [5.41, 5.74) is 4.84. The summed E-state index contributed by atoms with van der Waals surface area (Å²) in [5.74, 6) is 1.50. The molecule has 0 atom stereocenters. The first-order valence-corrected chi connectivity index (χ1v) is 11.1. The highest BCUT2D eigenvalue weighted by Gasteiger charge is 2.17. The van der Waals surface area contributed by atoms with Crippen molar-refractivity contribution in [1.29, 1.82) is 5.26 Å². The Kier molecular flexibility index (Phi) is 6.84. The molecule has 0 unspecified atom stereocenters. The van der Waals surface area contributed by atoms with Crippen molar-refractivity contribution in [2.24, 2.45) is 0 Å². The van der Waals surface area contributed by atoms with Crippen LogP contribution in [0, 0.1) is 11.3 Å². The Morgan fingerprint density at radius 2 is 1.91 bits per heavy atom. The minimum atomic E-state index is -0.00782. The van der Waals surface area contributed by atoms with Crippen LogP contribution in [0.25, 0.3) is 22.8 Å². The highest BCUT2D eigenvalue weighted by Crippen LogP contribution is 2.29. The molecule has 7 heteroatoms. The van der Waals surface area contributed by atoms with Crippen LogP contribution in [0.2, 0.25) is 0 Å². The summed E-state index contributed by atoms with van der Waals surface area (Å²) in [5, 5.41) is 16.9. The van der Waals surface area contributed by atoms with Gasteiger partial charge in [0.2, 0.25) is 5.82 Å². The number of hydrogen-bond acceptors (Lipinski definition) is 7. The van der Waals surface area contributed by atoms with E-state index < -0.39 is 0 Å². The Morgan fingerprint density at radius 1 is 1.12 bits per heavy atom. The Balaban J connectivity index is 1.54. The second kappa shape index (κ2) is 9.94. The summed E-state index contributed by atoms with van der Waals surface area (Å²) in [6.07, 6.45) is 2.06. The average molecular weight is 432 g/mol. The maximum absolute atomic E-state index is 9.48.